The highest BCUT2D eigenvalue weighted by atomic mass is 16.5. The van der Waals surface area contributed by atoms with E-state index in [-0.39, 0.29) is 12.4 Å². The van der Waals surface area contributed by atoms with Crippen LogP contribution in [0.25, 0.3) is 10.8 Å². The second-order valence-electron chi connectivity index (χ2n) is 8.80. The summed E-state index contributed by atoms with van der Waals surface area (Å²) in [5.41, 5.74) is 3.97. The van der Waals surface area contributed by atoms with E-state index in [2.05, 4.69) is 11.9 Å². The first-order chi connectivity index (χ1) is 16.6. The molecule has 34 heavy (non-hydrogen) atoms. The number of nitrogens with one attached hydrogen (secondary N) is 1. The molecule has 172 valence electrons. The molecule has 2 atom stereocenters. The Morgan fingerprint density at radius 1 is 1.03 bits per heavy atom. The zero-order valence-electron chi connectivity index (χ0n) is 19.2. The van der Waals surface area contributed by atoms with E-state index in [1.165, 1.54) is 0 Å². The van der Waals surface area contributed by atoms with Gasteiger partial charge in [-0.3, -0.25) is 9.59 Å². The van der Waals surface area contributed by atoms with Crippen LogP contribution in [0.1, 0.15) is 36.3 Å². The number of ether oxygens (including phenoxy) is 2. The average molecular weight is 454 g/mol. The zero-order valence-corrected chi connectivity index (χ0v) is 19.2. The molecule has 1 N–H and O–H groups in total. The van der Waals surface area contributed by atoms with Crippen LogP contribution in [0.5, 0.6) is 5.75 Å². The van der Waals surface area contributed by atoms with Gasteiger partial charge in [-0.25, -0.2) is 0 Å². The first kappa shape index (κ1) is 22.0. The highest BCUT2D eigenvalue weighted by molar-refractivity contribution is 6.01. The van der Waals surface area contributed by atoms with Crippen molar-refractivity contribution in [3.8, 4) is 5.75 Å². The number of ketones is 1. The minimum Gasteiger partial charge on any atom is -0.497 e. The van der Waals surface area contributed by atoms with Crippen molar-refractivity contribution in [2.24, 2.45) is 5.92 Å². The number of rotatable bonds is 5. The van der Waals surface area contributed by atoms with Gasteiger partial charge in [-0.15, -0.1) is 0 Å². The van der Waals surface area contributed by atoms with Crippen molar-refractivity contribution in [3.05, 3.63) is 101 Å². The Bertz CT molecular complexity index is 1300. The highest BCUT2D eigenvalue weighted by Gasteiger charge is 2.44. The van der Waals surface area contributed by atoms with E-state index in [9.17, 15) is 9.59 Å². The number of hydrogen-bond donors (Lipinski definition) is 1. The lowest BCUT2D eigenvalue weighted by atomic mass is 9.70. The Balaban J connectivity index is 1.54. The Labute approximate surface area is 199 Å². The Morgan fingerprint density at radius 3 is 2.59 bits per heavy atom. The van der Waals surface area contributed by atoms with Gasteiger partial charge in [0.05, 0.1) is 7.11 Å². The number of methoxy groups -OCH3 is 1. The summed E-state index contributed by atoms with van der Waals surface area (Å²) >= 11 is 0. The third-order valence-corrected chi connectivity index (χ3v) is 6.74. The summed E-state index contributed by atoms with van der Waals surface area (Å²) in [5, 5.41) is 5.39. The number of allylic oxidation sites excluding steroid dienone is 2. The molecule has 5 heteroatoms. The number of hydrogen-bond acceptors (Lipinski definition) is 5. The maximum atomic E-state index is 13.5. The molecule has 1 aliphatic heterocycles. The minimum absolute atomic E-state index is 0.0899. The molecule has 5 rings (SSSR count). The summed E-state index contributed by atoms with van der Waals surface area (Å²) in [6.45, 7) is 4.33. The summed E-state index contributed by atoms with van der Waals surface area (Å²) in [5.74, 6) is -0.703. The normalized spacial score (nSPS) is 20.0. The van der Waals surface area contributed by atoms with Crippen molar-refractivity contribution < 1.29 is 19.1 Å². The van der Waals surface area contributed by atoms with Crippen molar-refractivity contribution >= 4 is 22.5 Å². The SMILES string of the molecule is C=C1NC2=C(C(=O)CCC2)C(c2cccc3ccccc23)C1C(=O)OCc1ccc(OC)cc1. The lowest BCUT2D eigenvalue weighted by molar-refractivity contribution is -0.149. The van der Waals surface area contributed by atoms with Gasteiger partial charge in [0.1, 0.15) is 18.3 Å². The van der Waals surface area contributed by atoms with E-state index in [4.69, 9.17) is 9.47 Å². The predicted octanol–water partition coefficient (Wildman–Crippen LogP) is 5.42. The molecule has 2 unspecified atom stereocenters. The van der Waals surface area contributed by atoms with Gasteiger partial charge < -0.3 is 14.8 Å². The first-order valence-electron chi connectivity index (χ1n) is 11.6. The van der Waals surface area contributed by atoms with Crippen molar-refractivity contribution in [2.75, 3.05) is 7.11 Å². The molecule has 0 fully saturated rings. The largest absolute Gasteiger partial charge is 0.497 e. The number of carbonyl (C=O) groups excluding carboxylic acids is 2. The van der Waals surface area contributed by atoms with Crippen LogP contribution in [0, 0.1) is 5.92 Å². The van der Waals surface area contributed by atoms with Crippen LogP contribution in [-0.4, -0.2) is 18.9 Å². The van der Waals surface area contributed by atoms with E-state index < -0.39 is 17.8 Å². The predicted molar refractivity (Wildman–Crippen MR) is 131 cm³/mol. The fourth-order valence-corrected chi connectivity index (χ4v) is 5.09. The van der Waals surface area contributed by atoms with Gasteiger partial charge in [-0.05, 0) is 46.9 Å². The average Bonchev–Trinajstić information content (AvgIpc) is 2.86. The monoisotopic (exact) mass is 453 g/mol. The molecule has 1 heterocycles. The van der Waals surface area contributed by atoms with Gasteiger partial charge >= 0.3 is 5.97 Å². The molecule has 0 saturated carbocycles. The quantitative estimate of drug-likeness (QED) is 0.523. The molecule has 0 saturated heterocycles. The molecule has 3 aromatic rings. The molecular weight excluding hydrogens is 426 g/mol. The third kappa shape index (κ3) is 3.98. The third-order valence-electron chi connectivity index (χ3n) is 6.74. The van der Waals surface area contributed by atoms with Gasteiger partial charge in [-0.1, -0.05) is 61.2 Å². The molecule has 0 spiro atoms. The van der Waals surface area contributed by atoms with Crippen LogP contribution in [0.2, 0.25) is 0 Å². The number of Topliss-reactive ketones (excluding diaryl/α,β-unsaturated/α-hetero) is 1. The van der Waals surface area contributed by atoms with E-state index >= 15 is 0 Å². The zero-order chi connectivity index (χ0) is 23.7. The molecular formula is C29H27NO4. The highest BCUT2D eigenvalue weighted by Crippen LogP contribution is 2.46. The van der Waals surface area contributed by atoms with Crippen LogP contribution in [0.3, 0.4) is 0 Å². The Kier molecular flexibility index (Phi) is 5.93. The molecule has 5 nitrogen and oxygen atoms in total. The molecule has 3 aromatic carbocycles. The van der Waals surface area contributed by atoms with Crippen LogP contribution in [-0.2, 0) is 20.9 Å². The standard InChI is InChI=1S/C29H27NO4/c1-18-26(29(32)34-17-19-13-15-21(33-2)16-14-19)27(28-24(30-18)11-6-12-25(28)31)23-10-5-8-20-7-3-4-9-22(20)23/h3-5,7-10,13-16,26-27,30H,1,6,11-12,17H2,2H3. The van der Waals surface area contributed by atoms with Crippen molar-refractivity contribution in [3.63, 3.8) is 0 Å². The van der Waals surface area contributed by atoms with E-state index in [0.29, 0.717) is 17.7 Å². The fraction of sp³-hybridized carbons (Fsp3) is 0.241. The number of benzene rings is 3. The van der Waals surface area contributed by atoms with Crippen molar-refractivity contribution in [1.29, 1.82) is 0 Å². The van der Waals surface area contributed by atoms with Crippen LogP contribution < -0.4 is 10.1 Å². The van der Waals surface area contributed by atoms with Crippen molar-refractivity contribution in [1.82, 2.24) is 5.32 Å². The lowest BCUT2D eigenvalue weighted by Gasteiger charge is -2.38. The van der Waals surface area contributed by atoms with Gasteiger partial charge in [0.25, 0.3) is 0 Å². The van der Waals surface area contributed by atoms with Crippen LogP contribution in [0.15, 0.2) is 90.3 Å². The van der Waals surface area contributed by atoms with Gasteiger partial charge in [-0.2, -0.15) is 0 Å². The summed E-state index contributed by atoms with van der Waals surface area (Å²) in [6, 6.07) is 21.5. The van der Waals surface area contributed by atoms with E-state index in [1.54, 1.807) is 7.11 Å². The first-order valence-corrected chi connectivity index (χ1v) is 11.6. The topological polar surface area (TPSA) is 64.6 Å². The van der Waals surface area contributed by atoms with Crippen LogP contribution >= 0.6 is 0 Å². The number of esters is 1. The van der Waals surface area contributed by atoms with E-state index in [0.717, 1.165) is 46.2 Å². The Morgan fingerprint density at radius 2 is 1.79 bits per heavy atom. The van der Waals surface area contributed by atoms with Crippen LogP contribution in [0.4, 0.5) is 0 Å². The maximum absolute atomic E-state index is 13.5. The Hall–Kier alpha value is -3.86. The number of carbonyl (C=O) groups is 2. The van der Waals surface area contributed by atoms with Gasteiger partial charge in [0.15, 0.2) is 5.78 Å². The summed E-state index contributed by atoms with van der Waals surface area (Å²) in [4.78, 5) is 26.7. The number of fused-ring (bicyclic) bond motifs is 1. The molecule has 2 aliphatic rings. The molecule has 0 amide bonds. The van der Waals surface area contributed by atoms with Gasteiger partial charge in [0, 0.05) is 29.3 Å². The van der Waals surface area contributed by atoms with Gasteiger partial charge in [0.2, 0.25) is 0 Å². The molecule has 0 aromatic heterocycles. The fourth-order valence-electron chi connectivity index (χ4n) is 5.09. The molecule has 0 radical (unpaired) electrons. The van der Waals surface area contributed by atoms with Crippen molar-refractivity contribution in [2.45, 2.75) is 31.8 Å². The summed E-state index contributed by atoms with van der Waals surface area (Å²) in [6.07, 6.45) is 2.06. The van der Waals surface area contributed by atoms with E-state index in [1.807, 2.05) is 66.7 Å². The molecule has 0 bridgehead atoms. The summed E-state index contributed by atoms with van der Waals surface area (Å²) in [7, 11) is 1.61. The smallest absolute Gasteiger partial charge is 0.316 e. The molecule has 1 aliphatic carbocycles. The lowest BCUT2D eigenvalue weighted by Crippen LogP contribution is -2.41. The minimum atomic E-state index is -0.704. The second kappa shape index (κ2) is 9.18. The second-order valence-corrected chi connectivity index (χ2v) is 8.80. The summed E-state index contributed by atoms with van der Waals surface area (Å²) < 4.78 is 11.0. The maximum Gasteiger partial charge on any atom is 0.316 e.